The number of hydrogen-bond acceptors (Lipinski definition) is 5. The number of thioether (sulfide) groups is 1. The average Bonchev–Trinajstić information content (AvgIpc) is 3.33. The third kappa shape index (κ3) is 4.59. The molecule has 0 fully saturated rings. The lowest BCUT2D eigenvalue weighted by molar-refractivity contribution is -0.113. The summed E-state index contributed by atoms with van der Waals surface area (Å²) in [5.74, 6) is 0.215. The Hall–Kier alpha value is -3.40. The number of rotatable bonds is 6. The molecule has 0 unspecified atom stereocenters. The molecule has 2 heterocycles. The molecule has 160 valence electrons. The number of anilines is 1. The van der Waals surface area contributed by atoms with Gasteiger partial charge in [-0.25, -0.2) is 0 Å². The van der Waals surface area contributed by atoms with E-state index in [0.717, 1.165) is 5.56 Å². The van der Waals surface area contributed by atoms with Crippen molar-refractivity contribution in [3.8, 4) is 6.07 Å². The molecule has 1 aliphatic rings. The highest BCUT2D eigenvalue weighted by atomic mass is 35.5. The normalized spacial score (nSPS) is 15.8. The number of halogens is 1. The summed E-state index contributed by atoms with van der Waals surface area (Å²) < 4.78 is 5.66. The number of dihydropyridines is 1. The van der Waals surface area contributed by atoms with E-state index in [9.17, 15) is 10.1 Å². The van der Waals surface area contributed by atoms with E-state index in [1.54, 1.807) is 18.4 Å². The van der Waals surface area contributed by atoms with Crippen molar-refractivity contribution in [3.63, 3.8) is 0 Å². The predicted molar refractivity (Wildman–Crippen MR) is 128 cm³/mol. The molecular weight excluding hydrogens is 442 g/mol. The van der Waals surface area contributed by atoms with Crippen LogP contribution >= 0.6 is 23.4 Å². The topological polar surface area (TPSA) is 78.1 Å². The van der Waals surface area contributed by atoms with Gasteiger partial charge in [-0.15, -0.1) is 11.8 Å². The maximum atomic E-state index is 13.3. The zero-order chi connectivity index (χ0) is 22.5. The number of nitriles is 1. The third-order valence-electron chi connectivity index (χ3n) is 5.08. The monoisotopic (exact) mass is 461 g/mol. The molecule has 1 amide bonds. The van der Waals surface area contributed by atoms with Gasteiger partial charge in [0.1, 0.15) is 5.76 Å². The van der Waals surface area contributed by atoms with Gasteiger partial charge < -0.3 is 15.1 Å². The minimum absolute atomic E-state index is 0.287. The van der Waals surface area contributed by atoms with Gasteiger partial charge in [-0.1, -0.05) is 48.0 Å². The first kappa shape index (κ1) is 21.8. The molecule has 0 radical (unpaired) electrons. The highest BCUT2D eigenvalue weighted by Crippen LogP contribution is 2.42. The summed E-state index contributed by atoms with van der Waals surface area (Å²) in [6.07, 6.45) is 1.55. The van der Waals surface area contributed by atoms with Crippen molar-refractivity contribution in [3.05, 3.63) is 111 Å². The van der Waals surface area contributed by atoms with E-state index in [4.69, 9.17) is 16.0 Å². The summed E-state index contributed by atoms with van der Waals surface area (Å²) in [7, 11) is 0. The minimum Gasteiger partial charge on any atom is -0.468 e. The summed E-state index contributed by atoms with van der Waals surface area (Å²) >= 11 is 7.77. The molecule has 5 nitrogen and oxygen atoms in total. The third-order valence-corrected chi connectivity index (χ3v) is 6.52. The first-order valence-corrected chi connectivity index (χ1v) is 11.3. The molecule has 32 heavy (non-hydrogen) atoms. The molecule has 1 aromatic heterocycles. The second kappa shape index (κ2) is 9.82. The molecule has 2 N–H and O–H groups in total. The van der Waals surface area contributed by atoms with Crippen LogP contribution in [0.4, 0.5) is 5.69 Å². The SMILES string of the molecule is CC1=C(C(=O)Nc2ccccc2)[C@H](c2ccco2)C(C#N)=C(SCc2ccccc2Cl)N1. The molecular formula is C25H20ClN3O2S. The van der Waals surface area contributed by atoms with Gasteiger partial charge in [0, 0.05) is 22.2 Å². The number of hydrogen-bond donors (Lipinski definition) is 2. The minimum atomic E-state index is -0.617. The summed E-state index contributed by atoms with van der Waals surface area (Å²) in [6, 6.07) is 22.7. The maximum Gasteiger partial charge on any atom is 0.254 e. The second-order valence-electron chi connectivity index (χ2n) is 7.17. The lowest BCUT2D eigenvalue weighted by atomic mass is 9.85. The molecule has 0 bridgehead atoms. The van der Waals surface area contributed by atoms with Crippen LogP contribution in [0.3, 0.4) is 0 Å². The van der Waals surface area contributed by atoms with Gasteiger partial charge in [-0.05, 0) is 42.8 Å². The Bertz CT molecular complexity index is 1230. The maximum absolute atomic E-state index is 13.3. The van der Waals surface area contributed by atoms with Crippen LogP contribution in [0.15, 0.2) is 99.3 Å². The van der Waals surface area contributed by atoms with Crippen LogP contribution < -0.4 is 10.6 Å². The Morgan fingerprint density at radius 1 is 1.16 bits per heavy atom. The molecule has 1 aliphatic heterocycles. The first-order chi connectivity index (χ1) is 15.6. The Morgan fingerprint density at radius 3 is 2.59 bits per heavy atom. The van der Waals surface area contributed by atoms with Gasteiger partial charge in [-0.3, -0.25) is 4.79 Å². The van der Waals surface area contributed by atoms with E-state index >= 15 is 0 Å². The highest BCUT2D eigenvalue weighted by Gasteiger charge is 2.36. The number of carbonyl (C=O) groups excluding carboxylic acids is 1. The zero-order valence-electron chi connectivity index (χ0n) is 17.3. The van der Waals surface area contributed by atoms with Gasteiger partial charge >= 0.3 is 0 Å². The Morgan fingerprint density at radius 2 is 1.91 bits per heavy atom. The van der Waals surface area contributed by atoms with Gasteiger partial charge in [0.2, 0.25) is 0 Å². The first-order valence-electron chi connectivity index (χ1n) is 9.96. The number of allylic oxidation sites excluding steroid dienone is 2. The molecule has 0 saturated heterocycles. The van der Waals surface area contributed by atoms with Crippen LogP contribution in [0.25, 0.3) is 0 Å². The predicted octanol–water partition coefficient (Wildman–Crippen LogP) is 6.20. The van der Waals surface area contributed by atoms with E-state index < -0.39 is 5.92 Å². The van der Waals surface area contributed by atoms with E-state index in [1.807, 2.05) is 61.5 Å². The number of carbonyl (C=O) groups is 1. The van der Waals surface area contributed by atoms with Crippen molar-refractivity contribution in [1.82, 2.24) is 5.32 Å². The van der Waals surface area contributed by atoms with Gasteiger partial charge in [0.05, 0.1) is 34.4 Å². The zero-order valence-corrected chi connectivity index (χ0v) is 18.8. The van der Waals surface area contributed by atoms with Crippen LogP contribution in [0.2, 0.25) is 5.02 Å². The Labute approximate surface area is 195 Å². The summed E-state index contributed by atoms with van der Waals surface area (Å²) in [6.45, 7) is 1.83. The van der Waals surface area contributed by atoms with Gasteiger partial charge in [0.25, 0.3) is 5.91 Å². The van der Waals surface area contributed by atoms with Crippen molar-refractivity contribution >= 4 is 35.0 Å². The molecule has 3 aromatic rings. The molecule has 0 saturated carbocycles. The number of nitrogens with zero attached hydrogens (tertiary/aromatic N) is 1. The van der Waals surface area contributed by atoms with Crippen molar-refractivity contribution < 1.29 is 9.21 Å². The second-order valence-corrected chi connectivity index (χ2v) is 8.56. The van der Waals surface area contributed by atoms with Crippen LogP contribution in [0.1, 0.15) is 24.2 Å². The fourth-order valence-corrected chi connectivity index (χ4v) is 4.93. The fraction of sp³-hybridized carbons (Fsp3) is 0.120. The standard InChI is InChI=1S/C25H20ClN3O2S/c1-16-22(24(30)29-18-9-3-2-4-10-18)23(21-12-7-13-31-21)19(14-27)25(28-16)32-15-17-8-5-6-11-20(17)26/h2-13,23,28H,15H2,1H3,(H,29,30)/t23-/m0/s1. The summed E-state index contributed by atoms with van der Waals surface area (Å²) in [4.78, 5) is 13.3. The van der Waals surface area contributed by atoms with E-state index in [-0.39, 0.29) is 5.91 Å². The molecule has 0 spiro atoms. The van der Waals surface area contributed by atoms with Crippen molar-refractivity contribution in [2.75, 3.05) is 5.32 Å². The highest BCUT2D eigenvalue weighted by molar-refractivity contribution is 8.02. The lowest BCUT2D eigenvalue weighted by Gasteiger charge is -2.28. The summed E-state index contributed by atoms with van der Waals surface area (Å²) in [5.41, 5.74) is 3.19. The molecule has 2 aromatic carbocycles. The number of para-hydroxylation sites is 1. The van der Waals surface area contributed by atoms with Crippen LogP contribution in [-0.2, 0) is 10.5 Å². The number of amides is 1. The fourth-order valence-electron chi connectivity index (χ4n) is 3.55. The molecule has 0 aliphatic carbocycles. The quantitative estimate of drug-likeness (QED) is 0.456. The van der Waals surface area contributed by atoms with Crippen molar-refractivity contribution in [1.29, 1.82) is 5.26 Å². The Kier molecular flexibility index (Phi) is 6.69. The Balaban J connectivity index is 1.68. The molecule has 7 heteroatoms. The van der Waals surface area contributed by atoms with E-state index in [0.29, 0.717) is 44.1 Å². The largest absolute Gasteiger partial charge is 0.468 e. The van der Waals surface area contributed by atoms with Crippen LogP contribution in [0, 0.1) is 11.3 Å². The van der Waals surface area contributed by atoms with Crippen LogP contribution in [0.5, 0.6) is 0 Å². The van der Waals surface area contributed by atoms with E-state index in [1.165, 1.54) is 11.8 Å². The van der Waals surface area contributed by atoms with Crippen LogP contribution in [-0.4, -0.2) is 5.91 Å². The van der Waals surface area contributed by atoms with Crippen molar-refractivity contribution in [2.45, 2.75) is 18.6 Å². The lowest BCUT2D eigenvalue weighted by Crippen LogP contribution is -2.30. The number of nitrogens with one attached hydrogen (secondary N) is 2. The van der Waals surface area contributed by atoms with Gasteiger partial charge in [0.15, 0.2) is 0 Å². The summed E-state index contributed by atoms with van der Waals surface area (Å²) in [5, 5.41) is 17.6. The van der Waals surface area contributed by atoms with Gasteiger partial charge in [-0.2, -0.15) is 5.26 Å². The van der Waals surface area contributed by atoms with E-state index in [2.05, 4.69) is 16.7 Å². The average molecular weight is 462 g/mol. The molecule has 1 atom stereocenters. The smallest absolute Gasteiger partial charge is 0.254 e. The number of benzene rings is 2. The molecule has 4 rings (SSSR count). The number of furan rings is 1. The van der Waals surface area contributed by atoms with Crippen molar-refractivity contribution in [2.24, 2.45) is 0 Å².